The number of aryl methyl sites for hydroxylation is 2. The monoisotopic (exact) mass is 275 g/mol. The molecule has 1 heterocycles. The lowest BCUT2D eigenvalue weighted by molar-refractivity contribution is 0.102. The summed E-state index contributed by atoms with van der Waals surface area (Å²) >= 11 is 1.47. The van der Waals surface area contributed by atoms with Crippen molar-refractivity contribution < 1.29 is 4.79 Å². The molecule has 5 heteroatoms. The van der Waals surface area contributed by atoms with Gasteiger partial charge in [0.15, 0.2) is 0 Å². The Kier molecular flexibility index (Phi) is 4.29. The molecule has 0 saturated carbocycles. The topological polar surface area (TPSA) is 68.0 Å². The molecule has 4 nitrogen and oxygen atoms in total. The number of anilines is 1. The molecule has 3 N–H and O–H groups in total. The van der Waals surface area contributed by atoms with Gasteiger partial charge in [-0.1, -0.05) is 6.07 Å². The van der Waals surface area contributed by atoms with Gasteiger partial charge in [0.05, 0.1) is 5.01 Å². The van der Waals surface area contributed by atoms with Gasteiger partial charge in [0.2, 0.25) is 0 Å². The van der Waals surface area contributed by atoms with Crippen molar-refractivity contribution in [1.82, 2.24) is 4.98 Å². The van der Waals surface area contributed by atoms with Crippen LogP contribution in [0.1, 0.15) is 26.6 Å². The molecule has 0 atom stereocenters. The highest BCUT2D eigenvalue weighted by molar-refractivity contribution is 7.09. The number of hydrogen-bond donors (Lipinski definition) is 2. The molecule has 1 aromatic heterocycles. The Bertz CT molecular complexity index is 592. The van der Waals surface area contributed by atoms with E-state index in [4.69, 9.17) is 5.73 Å². The Hall–Kier alpha value is -1.72. The minimum Gasteiger partial charge on any atom is -0.330 e. The van der Waals surface area contributed by atoms with Crippen LogP contribution in [0, 0.1) is 13.8 Å². The summed E-state index contributed by atoms with van der Waals surface area (Å²) in [7, 11) is 0. The van der Waals surface area contributed by atoms with Crippen molar-refractivity contribution in [3.05, 3.63) is 45.4 Å². The van der Waals surface area contributed by atoms with Crippen LogP contribution >= 0.6 is 11.3 Å². The Morgan fingerprint density at radius 3 is 2.84 bits per heavy atom. The Morgan fingerprint density at radius 1 is 1.37 bits per heavy atom. The van der Waals surface area contributed by atoms with Crippen molar-refractivity contribution in [2.75, 3.05) is 11.9 Å². The zero-order chi connectivity index (χ0) is 13.8. The number of hydrogen-bond acceptors (Lipinski definition) is 4. The summed E-state index contributed by atoms with van der Waals surface area (Å²) in [6.45, 7) is 4.61. The number of thiazole rings is 1. The first kappa shape index (κ1) is 13.7. The van der Waals surface area contributed by atoms with Gasteiger partial charge < -0.3 is 11.1 Å². The molecule has 100 valence electrons. The van der Waals surface area contributed by atoms with Crippen molar-refractivity contribution >= 4 is 22.9 Å². The third kappa shape index (κ3) is 3.39. The lowest BCUT2D eigenvalue weighted by Gasteiger charge is -2.06. The van der Waals surface area contributed by atoms with Gasteiger partial charge in [-0.25, -0.2) is 4.98 Å². The lowest BCUT2D eigenvalue weighted by atomic mass is 10.1. The summed E-state index contributed by atoms with van der Waals surface area (Å²) in [5, 5.41) is 5.52. The van der Waals surface area contributed by atoms with Crippen molar-refractivity contribution in [2.45, 2.75) is 20.3 Å². The second kappa shape index (κ2) is 5.95. The van der Waals surface area contributed by atoms with Crippen LogP contribution in [0.25, 0.3) is 0 Å². The van der Waals surface area contributed by atoms with E-state index in [1.165, 1.54) is 16.9 Å². The summed E-state index contributed by atoms with van der Waals surface area (Å²) in [6, 6.07) is 5.85. The SMILES string of the molecule is Cc1ccc(NC(=O)c2csc(CCN)n2)cc1C. The van der Waals surface area contributed by atoms with E-state index in [1.807, 2.05) is 32.0 Å². The van der Waals surface area contributed by atoms with Crippen LogP contribution in [-0.4, -0.2) is 17.4 Å². The minimum atomic E-state index is -0.178. The molecule has 0 aliphatic carbocycles. The number of nitrogens with zero attached hydrogens (tertiary/aromatic N) is 1. The summed E-state index contributed by atoms with van der Waals surface area (Å²) < 4.78 is 0. The van der Waals surface area contributed by atoms with Gasteiger partial charge in [-0.3, -0.25) is 4.79 Å². The fourth-order valence-electron chi connectivity index (χ4n) is 1.67. The van der Waals surface area contributed by atoms with Crippen LogP contribution < -0.4 is 11.1 Å². The Morgan fingerprint density at radius 2 is 2.16 bits per heavy atom. The van der Waals surface area contributed by atoms with Crippen LogP contribution in [0.4, 0.5) is 5.69 Å². The molecule has 0 bridgehead atoms. The predicted molar refractivity (Wildman–Crippen MR) is 78.7 cm³/mol. The maximum absolute atomic E-state index is 12.0. The van der Waals surface area contributed by atoms with Crippen molar-refractivity contribution in [1.29, 1.82) is 0 Å². The molecule has 0 fully saturated rings. The van der Waals surface area contributed by atoms with Gasteiger partial charge in [0.25, 0.3) is 5.91 Å². The number of carbonyl (C=O) groups excluding carboxylic acids is 1. The molecule has 2 aromatic rings. The third-order valence-corrected chi connectivity index (χ3v) is 3.82. The maximum Gasteiger partial charge on any atom is 0.275 e. The Balaban J connectivity index is 2.09. The standard InChI is InChI=1S/C14H17N3OS/c1-9-3-4-11(7-10(9)2)16-14(18)12-8-19-13(17-12)5-6-15/h3-4,7-8H,5-6,15H2,1-2H3,(H,16,18). The molecule has 19 heavy (non-hydrogen) atoms. The second-order valence-electron chi connectivity index (χ2n) is 4.42. The van der Waals surface area contributed by atoms with Crippen LogP contribution in [-0.2, 0) is 6.42 Å². The summed E-state index contributed by atoms with van der Waals surface area (Å²) in [6.07, 6.45) is 0.710. The first-order valence-corrected chi connectivity index (χ1v) is 7.01. The summed E-state index contributed by atoms with van der Waals surface area (Å²) in [5.74, 6) is -0.178. The van der Waals surface area contributed by atoms with E-state index in [0.29, 0.717) is 18.7 Å². The first-order valence-electron chi connectivity index (χ1n) is 6.13. The van der Waals surface area contributed by atoms with E-state index in [0.717, 1.165) is 16.3 Å². The highest BCUT2D eigenvalue weighted by Gasteiger charge is 2.11. The summed E-state index contributed by atoms with van der Waals surface area (Å²) in [5.41, 5.74) is 9.07. The lowest BCUT2D eigenvalue weighted by Crippen LogP contribution is -2.13. The van der Waals surface area contributed by atoms with Gasteiger partial charge in [-0.15, -0.1) is 11.3 Å². The van der Waals surface area contributed by atoms with E-state index in [9.17, 15) is 4.79 Å². The van der Waals surface area contributed by atoms with Crippen LogP contribution in [0.15, 0.2) is 23.6 Å². The number of benzene rings is 1. The largest absolute Gasteiger partial charge is 0.330 e. The summed E-state index contributed by atoms with van der Waals surface area (Å²) in [4.78, 5) is 16.3. The van der Waals surface area contributed by atoms with E-state index in [1.54, 1.807) is 5.38 Å². The molecule has 0 unspecified atom stereocenters. The number of aromatic nitrogens is 1. The molecule has 2 rings (SSSR count). The van der Waals surface area contributed by atoms with E-state index in [-0.39, 0.29) is 5.91 Å². The minimum absolute atomic E-state index is 0.178. The zero-order valence-corrected chi connectivity index (χ0v) is 11.9. The average Bonchev–Trinajstić information content (AvgIpc) is 2.83. The molecule has 0 aliphatic heterocycles. The normalized spacial score (nSPS) is 10.5. The van der Waals surface area contributed by atoms with Gasteiger partial charge in [0, 0.05) is 17.5 Å². The molecule has 1 aromatic carbocycles. The van der Waals surface area contributed by atoms with Gasteiger partial charge >= 0.3 is 0 Å². The number of carbonyl (C=O) groups is 1. The fourth-order valence-corrected chi connectivity index (χ4v) is 2.46. The molecule has 0 spiro atoms. The predicted octanol–water partition coefficient (Wildman–Crippen LogP) is 2.51. The maximum atomic E-state index is 12.0. The van der Waals surface area contributed by atoms with Crippen molar-refractivity contribution in [2.24, 2.45) is 5.73 Å². The highest BCUT2D eigenvalue weighted by Crippen LogP contribution is 2.16. The van der Waals surface area contributed by atoms with Crippen molar-refractivity contribution in [3.8, 4) is 0 Å². The Labute approximate surface area is 116 Å². The van der Waals surface area contributed by atoms with E-state index < -0.39 is 0 Å². The molecular weight excluding hydrogens is 258 g/mol. The van der Waals surface area contributed by atoms with Crippen LogP contribution in [0.5, 0.6) is 0 Å². The quantitative estimate of drug-likeness (QED) is 0.901. The third-order valence-electron chi connectivity index (χ3n) is 2.91. The second-order valence-corrected chi connectivity index (χ2v) is 5.36. The zero-order valence-electron chi connectivity index (χ0n) is 11.1. The van der Waals surface area contributed by atoms with E-state index in [2.05, 4.69) is 10.3 Å². The highest BCUT2D eigenvalue weighted by atomic mass is 32.1. The van der Waals surface area contributed by atoms with E-state index >= 15 is 0 Å². The number of amides is 1. The molecule has 1 amide bonds. The molecule has 0 saturated heterocycles. The first-order chi connectivity index (χ1) is 9.10. The van der Waals surface area contributed by atoms with Gasteiger partial charge in [0.1, 0.15) is 5.69 Å². The van der Waals surface area contributed by atoms with Gasteiger partial charge in [-0.05, 0) is 43.7 Å². The molecular formula is C14H17N3OS. The number of nitrogens with one attached hydrogen (secondary N) is 1. The van der Waals surface area contributed by atoms with Crippen molar-refractivity contribution in [3.63, 3.8) is 0 Å². The smallest absolute Gasteiger partial charge is 0.275 e. The number of rotatable bonds is 4. The van der Waals surface area contributed by atoms with Gasteiger partial charge in [-0.2, -0.15) is 0 Å². The number of nitrogens with two attached hydrogens (primary N) is 1. The average molecular weight is 275 g/mol. The van der Waals surface area contributed by atoms with Crippen LogP contribution in [0.3, 0.4) is 0 Å². The van der Waals surface area contributed by atoms with Crippen LogP contribution in [0.2, 0.25) is 0 Å². The molecule has 0 radical (unpaired) electrons. The fraction of sp³-hybridized carbons (Fsp3) is 0.286. The molecule has 0 aliphatic rings.